The molecule has 40 heavy (non-hydrogen) atoms. The van der Waals surface area contributed by atoms with Crippen molar-refractivity contribution >= 4 is 56.6 Å². The van der Waals surface area contributed by atoms with Gasteiger partial charge in [0, 0.05) is 32.2 Å². The van der Waals surface area contributed by atoms with E-state index >= 15 is 0 Å². The summed E-state index contributed by atoms with van der Waals surface area (Å²) >= 11 is 1.39. The van der Waals surface area contributed by atoms with Crippen molar-refractivity contribution in [3.8, 4) is 0 Å². The molecular formula is C27H32N8O4S. The molecule has 5 rings (SSSR count). The number of fused-ring (bicyclic) bond motifs is 2. The second kappa shape index (κ2) is 11.5. The van der Waals surface area contributed by atoms with Crippen LogP contribution in [0.5, 0.6) is 0 Å². The fourth-order valence-electron chi connectivity index (χ4n) is 5.46. The lowest BCUT2D eigenvalue weighted by atomic mass is 9.99. The van der Waals surface area contributed by atoms with Gasteiger partial charge in [0.1, 0.15) is 12.2 Å². The molecule has 0 bridgehead atoms. The van der Waals surface area contributed by atoms with Gasteiger partial charge in [0.15, 0.2) is 5.13 Å². The molecule has 1 aromatic heterocycles. The summed E-state index contributed by atoms with van der Waals surface area (Å²) in [5.74, 6) is -0.384. The number of nitrogens with one attached hydrogen (secondary N) is 2. The van der Waals surface area contributed by atoms with Crippen LogP contribution >= 0.6 is 11.3 Å². The van der Waals surface area contributed by atoms with Gasteiger partial charge in [0.05, 0.1) is 23.3 Å². The minimum absolute atomic E-state index is 0.00387. The normalized spacial score (nSPS) is 19.1. The van der Waals surface area contributed by atoms with E-state index in [1.807, 2.05) is 37.3 Å². The number of nitrogens with zero attached hydrogens (tertiary/aromatic N) is 5. The molecule has 2 saturated heterocycles. The van der Waals surface area contributed by atoms with Crippen molar-refractivity contribution in [1.82, 2.24) is 30.1 Å². The van der Waals surface area contributed by atoms with Gasteiger partial charge in [-0.2, -0.15) is 5.01 Å². The van der Waals surface area contributed by atoms with E-state index in [2.05, 4.69) is 15.6 Å². The Morgan fingerprint density at radius 1 is 1.23 bits per heavy atom. The highest BCUT2D eigenvalue weighted by Gasteiger charge is 2.52. The molecule has 4 N–H and O–H groups in total. The average Bonchev–Trinajstić information content (AvgIpc) is 3.49. The molecule has 0 radical (unpaired) electrons. The lowest BCUT2D eigenvalue weighted by Crippen LogP contribution is -2.66. The number of nitrogen functional groups attached to an aromatic ring is 1. The van der Waals surface area contributed by atoms with Gasteiger partial charge in [-0.1, -0.05) is 42.5 Å². The van der Waals surface area contributed by atoms with E-state index in [0.717, 1.165) is 21.3 Å². The van der Waals surface area contributed by atoms with Gasteiger partial charge in [-0.3, -0.25) is 19.4 Å². The number of nitrogens with two attached hydrogens (primary N) is 1. The maximum atomic E-state index is 14.0. The molecule has 2 aromatic carbocycles. The molecule has 210 valence electrons. The highest BCUT2D eigenvalue weighted by atomic mass is 32.1. The van der Waals surface area contributed by atoms with Gasteiger partial charge in [0.25, 0.3) is 0 Å². The minimum Gasteiger partial charge on any atom is -0.375 e. The summed E-state index contributed by atoms with van der Waals surface area (Å²) in [5.41, 5.74) is 9.07. The fraction of sp³-hybridized carbons (Fsp3) is 0.370. The SMILES string of the molecule is CCCN(C(=O)NC)N1CC(=O)N2[C@@H](Cc3ccc(NC=O)cc3)C(=O)N(Cc3cccc4sc(N)nc34)C[C@@H]21. The number of anilines is 2. The van der Waals surface area contributed by atoms with Crippen LogP contribution < -0.4 is 16.4 Å². The van der Waals surface area contributed by atoms with Crippen molar-refractivity contribution in [2.45, 2.75) is 38.5 Å². The fourth-order valence-corrected chi connectivity index (χ4v) is 6.24. The largest absolute Gasteiger partial charge is 0.375 e. The number of piperazine rings is 1. The van der Waals surface area contributed by atoms with Gasteiger partial charge in [-0.05, 0) is 35.7 Å². The first-order valence-corrected chi connectivity index (χ1v) is 13.9. The third-order valence-electron chi connectivity index (χ3n) is 7.25. The highest BCUT2D eigenvalue weighted by molar-refractivity contribution is 7.22. The molecule has 12 nitrogen and oxygen atoms in total. The first-order chi connectivity index (χ1) is 19.3. The maximum Gasteiger partial charge on any atom is 0.331 e. The van der Waals surface area contributed by atoms with Crippen LogP contribution in [0.2, 0.25) is 0 Å². The minimum atomic E-state index is -0.769. The predicted octanol–water partition coefficient (Wildman–Crippen LogP) is 1.84. The summed E-state index contributed by atoms with van der Waals surface area (Å²) in [7, 11) is 1.56. The summed E-state index contributed by atoms with van der Waals surface area (Å²) in [6, 6.07) is 11.9. The van der Waals surface area contributed by atoms with Crippen LogP contribution in [-0.2, 0) is 27.3 Å². The Morgan fingerprint density at radius 3 is 2.70 bits per heavy atom. The number of benzene rings is 2. The van der Waals surface area contributed by atoms with E-state index in [4.69, 9.17) is 5.73 Å². The Kier molecular flexibility index (Phi) is 7.85. The Bertz CT molecular complexity index is 1430. The quantitative estimate of drug-likeness (QED) is 0.337. The number of amides is 5. The predicted molar refractivity (Wildman–Crippen MR) is 152 cm³/mol. The third kappa shape index (κ3) is 5.17. The monoisotopic (exact) mass is 564 g/mol. The van der Waals surface area contributed by atoms with Crippen molar-refractivity contribution in [3.05, 3.63) is 53.6 Å². The van der Waals surface area contributed by atoms with Gasteiger partial charge in [-0.15, -0.1) is 0 Å². The molecule has 3 heterocycles. The summed E-state index contributed by atoms with van der Waals surface area (Å²) in [4.78, 5) is 59.0. The zero-order valence-corrected chi connectivity index (χ0v) is 23.2. The highest BCUT2D eigenvalue weighted by Crippen LogP contribution is 2.32. The molecule has 13 heteroatoms. The number of thiazole rings is 1. The number of aromatic nitrogens is 1. The van der Waals surface area contributed by atoms with Crippen molar-refractivity contribution in [3.63, 3.8) is 0 Å². The molecule has 0 spiro atoms. The summed E-state index contributed by atoms with van der Waals surface area (Å²) in [6.45, 7) is 2.91. The molecular weight excluding hydrogens is 532 g/mol. The first-order valence-electron chi connectivity index (χ1n) is 13.1. The lowest BCUT2D eigenvalue weighted by molar-refractivity contribution is -0.157. The van der Waals surface area contributed by atoms with Crippen LogP contribution in [0.4, 0.5) is 15.6 Å². The number of para-hydroxylation sites is 1. The van der Waals surface area contributed by atoms with Crippen LogP contribution in [0.25, 0.3) is 10.2 Å². The topological polar surface area (TPSA) is 144 Å². The average molecular weight is 565 g/mol. The first kappa shape index (κ1) is 27.3. The van der Waals surface area contributed by atoms with Crippen molar-refractivity contribution in [1.29, 1.82) is 0 Å². The molecule has 0 saturated carbocycles. The molecule has 0 aliphatic carbocycles. The molecule has 2 fully saturated rings. The van der Waals surface area contributed by atoms with Gasteiger partial charge in [0.2, 0.25) is 18.2 Å². The van der Waals surface area contributed by atoms with Crippen LogP contribution in [-0.4, -0.2) is 87.9 Å². The number of carbonyl (C=O) groups excluding carboxylic acids is 4. The van der Waals surface area contributed by atoms with E-state index in [0.29, 0.717) is 30.2 Å². The van der Waals surface area contributed by atoms with E-state index in [1.54, 1.807) is 39.0 Å². The molecule has 3 aromatic rings. The standard InChI is InChI=1S/C27H32N8O4S/c1-3-11-33(27(39)29-2)34-15-23(37)35-20(12-17-7-9-19(10-8-17)30-16-36)25(38)32(14-22(34)35)13-18-5-4-6-21-24(18)31-26(28)40-21/h4-10,16,20,22H,3,11-15H2,1-2H3,(H2,28,31)(H,29,39)(H,30,36)/t20-,22+/m0/s1. The summed E-state index contributed by atoms with van der Waals surface area (Å²) < 4.78 is 0.938. The van der Waals surface area contributed by atoms with Gasteiger partial charge >= 0.3 is 6.03 Å². The van der Waals surface area contributed by atoms with Crippen molar-refractivity contribution < 1.29 is 19.2 Å². The Morgan fingerprint density at radius 2 is 2.00 bits per heavy atom. The van der Waals surface area contributed by atoms with E-state index in [-0.39, 0.29) is 43.9 Å². The third-order valence-corrected chi connectivity index (χ3v) is 8.10. The van der Waals surface area contributed by atoms with Gasteiger partial charge < -0.3 is 26.2 Å². The van der Waals surface area contributed by atoms with E-state index < -0.39 is 12.2 Å². The zero-order chi connectivity index (χ0) is 28.4. The van der Waals surface area contributed by atoms with E-state index in [9.17, 15) is 19.2 Å². The molecule has 5 amide bonds. The molecule has 2 aliphatic heterocycles. The number of hydrogen-bond donors (Lipinski definition) is 3. The number of rotatable bonds is 9. The number of carbonyl (C=O) groups is 4. The second-order valence-electron chi connectivity index (χ2n) is 9.77. The Labute approximate surface area is 235 Å². The van der Waals surface area contributed by atoms with Crippen molar-refractivity contribution in [2.24, 2.45) is 0 Å². The summed E-state index contributed by atoms with van der Waals surface area (Å²) in [5, 5.41) is 9.07. The maximum absolute atomic E-state index is 14.0. The Hall–Kier alpha value is -4.23. The van der Waals surface area contributed by atoms with Crippen LogP contribution in [0.1, 0.15) is 24.5 Å². The number of urea groups is 1. The van der Waals surface area contributed by atoms with Crippen LogP contribution in [0.3, 0.4) is 0 Å². The summed E-state index contributed by atoms with van der Waals surface area (Å²) in [6.07, 6.45) is 1.07. The Balaban J connectivity index is 1.50. The molecule has 2 aliphatic rings. The van der Waals surface area contributed by atoms with Crippen LogP contribution in [0.15, 0.2) is 42.5 Å². The van der Waals surface area contributed by atoms with Crippen molar-refractivity contribution in [2.75, 3.05) is 37.7 Å². The zero-order valence-electron chi connectivity index (χ0n) is 22.4. The molecule has 0 unspecified atom stereocenters. The van der Waals surface area contributed by atoms with Crippen LogP contribution in [0, 0.1) is 0 Å². The molecule has 2 atom stereocenters. The van der Waals surface area contributed by atoms with Gasteiger partial charge in [-0.25, -0.2) is 9.78 Å². The van der Waals surface area contributed by atoms with E-state index in [1.165, 1.54) is 11.3 Å². The second-order valence-corrected chi connectivity index (χ2v) is 10.8. The lowest BCUT2D eigenvalue weighted by Gasteiger charge is -2.46. The number of hydrogen-bond acceptors (Lipinski definition) is 8. The smallest absolute Gasteiger partial charge is 0.331 e. The number of hydrazine groups is 1.